The molecule has 0 N–H and O–H groups in total. The first kappa shape index (κ1) is 19.7. The normalized spacial score (nSPS) is 19.5. The van der Waals surface area contributed by atoms with Gasteiger partial charge in [0.2, 0.25) is 5.88 Å². The molecule has 0 spiro atoms. The fourth-order valence-electron chi connectivity index (χ4n) is 2.50. The third-order valence-corrected chi connectivity index (χ3v) is 4.90. The van der Waals surface area contributed by atoms with E-state index in [2.05, 4.69) is 11.1 Å². The van der Waals surface area contributed by atoms with Crippen LogP contribution in [0.2, 0.25) is 0 Å². The lowest BCUT2D eigenvalue weighted by molar-refractivity contribution is 0.00578. The molecule has 0 bridgehead atoms. The van der Waals surface area contributed by atoms with Crippen molar-refractivity contribution in [2.75, 3.05) is 13.7 Å². The molecular formula is C18H27BN2O4. The van der Waals surface area contributed by atoms with E-state index in [0.29, 0.717) is 23.5 Å². The number of rotatable bonds is 7. The third-order valence-electron chi connectivity index (χ3n) is 4.90. The molecule has 1 aromatic heterocycles. The lowest BCUT2D eigenvalue weighted by Gasteiger charge is -2.32. The molecular weight excluding hydrogens is 319 g/mol. The van der Waals surface area contributed by atoms with Crippen molar-refractivity contribution in [3.05, 3.63) is 17.8 Å². The maximum Gasteiger partial charge on any atom is 0.496 e. The van der Waals surface area contributed by atoms with E-state index in [1.807, 2.05) is 34.6 Å². The Kier molecular flexibility index (Phi) is 6.10. The van der Waals surface area contributed by atoms with Gasteiger partial charge in [0.15, 0.2) is 0 Å². The molecule has 1 fully saturated rings. The molecule has 1 unspecified atom stereocenters. The second-order valence-electron chi connectivity index (χ2n) is 7.25. The molecule has 1 atom stereocenters. The van der Waals surface area contributed by atoms with Gasteiger partial charge in [0.05, 0.1) is 11.2 Å². The Morgan fingerprint density at radius 3 is 2.44 bits per heavy atom. The molecule has 7 heteroatoms. The van der Waals surface area contributed by atoms with Gasteiger partial charge in [-0.2, -0.15) is 5.26 Å². The molecule has 2 rings (SSSR count). The minimum Gasteiger partial charge on any atom is -0.473 e. The summed E-state index contributed by atoms with van der Waals surface area (Å²) in [4.78, 5) is 4.34. The molecule has 1 aliphatic rings. The van der Waals surface area contributed by atoms with E-state index in [4.69, 9.17) is 18.8 Å². The summed E-state index contributed by atoms with van der Waals surface area (Å²) in [5, 5.41) is 9.48. The monoisotopic (exact) mass is 346 g/mol. The zero-order chi connectivity index (χ0) is 18.7. The number of ether oxygens (including phenoxy) is 2. The van der Waals surface area contributed by atoms with Crippen molar-refractivity contribution in [1.82, 2.24) is 4.98 Å². The van der Waals surface area contributed by atoms with Crippen molar-refractivity contribution in [2.24, 2.45) is 0 Å². The van der Waals surface area contributed by atoms with Gasteiger partial charge in [0.25, 0.3) is 0 Å². The van der Waals surface area contributed by atoms with Gasteiger partial charge in [-0.3, -0.25) is 0 Å². The molecule has 0 amide bonds. The van der Waals surface area contributed by atoms with Crippen LogP contribution in [0.25, 0.3) is 0 Å². The van der Waals surface area contributed by atoms with E-state index in [1.165, 1.54) is 0 Å². The summed E-state index contributed by atoms with van der Waals surface area (Å²) in [5.74, 6) is 0.339. The van der Waals surface area contributed by atoms with Gasteiger partial charge in [0, 0.05) is 31.8 Å². The summed E-state index contributed by atoms with van der Waals surface area (Å²) < 4.78 is 23.0. The van der Waals surface area contributed by atoms with Gasteiger partial charge in [-0.1, -0.05) is 6.92 Å². The van der Waals surface area contributed by atoms with E-state index < -0.39 is 18.3 Å². The first-order chi connectivity index (χ1) is 11.7. The van der Waals surface area contributed by atoms with Crippen LogP contribution < -0.4 is 10.2 Å². The number of pyridine rings is 1. The second kappa shape index (κ2) is 7.73. The fourth-order valence-corrected chi connectivity index (χ4v) is 2.50. The largest absolute Gasteiger partial charge is 0.496 e. The average Bonchev–Trinajstić information content (AvgIpc) is 2.79. The van der Waals surface area contributed by atoms with E-state index in [1.54, 1.807) is 19.4 Å². The number of hydrogen-bond acceptors (Lipinski definition) is 6. The second-order valence-corrected chi connectivity index (χ2v) is 7.25. The lowest BCUT2D eigenvalue weighted by Crippen LogP contribution is -2.41. The van der Waals surface area contributed by atoms with Crippen LogP contribution >= 0.6 is 0 Å². The van der Waals surface area contributed by atoms with Crippen molar-refractivity contribution in [3.63, 3.8) is 0 Å². The highest BCUT2D eigenvalue weighted by Gasteiger charge is 2.51. The standard InChI is InChI=1S/C18H27BN2O4/c1-7-15(8-9-22-6)23-16-13(11-20)10-14(12-21-16)19-24-17(2,3)18(4,5)25-19/h10,12,15H,7-9H2,1-6H3. The molecule has 1 saturated heterocycles. The van der Waals surface area contributed by atoms with Gasteiger partial charge in [-0.15, -0.1) is 0 Å². The first-order valence-electron chi connectivity index (χ1n) is 8.65. The SMILES string of the molecule is CCC(CCOC)Oc1ncc(B2OC(C)(C)C(C)(C)O2)cc1C#N. The van der Waals surface area contributed by atoms with Crippen LogP contribution in [-0.2, 0) is 14.0 Å². The fraction of sp³-hybridized carbons (Fsp3) is 0.667. The van der Waals surface area contributed by atoms with Crippen LogP contribution in [0.3, 0.4) is 0 Å². The Labute approximate surface area is 150 Å². The molecule has 0 aromatic carbocycles. The Bertz CT molecular complexity index is 626. The van der Waals surface area contributed by atoms with Crippen molar-refractivity contribution in [1.29, 1.82) is 5.26 Å². The number of nitrogens with zero attached hydrogens (tertiary/aromatic N) is 2. The van der Waals surface area contributed by atoms with E-state index in [0.717, 1.165) is 12.8 Å². The Hall–Kier alpha value is -1.62. The zero-order valence-corrected chi connectivity index (χ0v) is 16.0. The summed E-state index contributed by atoms with van der Waals surface area (Å²) in [6.45, 7) is 10.6. The number of aromatic nitrogens is 1. The summed E-state index contributed by atoms with van der Waals surface area (Å²) in [6, 6.07) is 3.89. The number of methoxy groups -OCH3 is 1. The molecule has 6 nitrogen and oxygen atoms in total. The topological polar surface area (TPSA) is 73.6 Å². The Balaban J connectivity index is 2.19. The quantitative estimate of drug-likeness (QED) is 0.706. The molecule has 1 aliphatic heterocycles. The van der Waals surface area contributed by atoms with Crippen molar-refractivity contribution < 1.29 is 18.8 Å². The van der Waals surface area contributed by atoms with Gasteiger partial charge in [0.1, 0.15) is 17.7 Å². The number of hydrogen-bond donors (Lipinski definition) is 0. The smallest absolute Gasteiger partial charge is 0.473 e. The predicted molar refractivity (Wildman–Crippen MR) is 95.9 cm³/mol. The maximum atomic E-state index is 9.48. The lowest BCUT2D eigenvalue weighted by atomic mass is 9.80. The van der Waals surface area contributed by atoms with E-state index in [9.17, 15) is 5.26 Å². The molecule has 1 aromatic rings. The third kappa shape index (κ3) is 4.32. The van der Waals surface area contributed by atoms with Crippen molar-refractivity contribution in [2.45, 2.75) is 64.8 Å². The molecule has 25 heavy (non-hydrogen) atoms. The first-order valence-corrected chi connectivity index (χ1v) is 8.65. The molecule has 136 valence electrons. The summed E-state index contributed by atoms with van der Waals surface area (Å²) in [5.41, 5.74) is 0.218. The van der Waals surface area contributed by atoms with Crippen molar-refractivity contribution >= 4 is 12.6 Å². The van der Waals surface area contributed by atoms with Crippen LogP contribution in [0.15, 0.2) is 12.3 Å². The van der Waals surface area contributed by atoms with Crippen LogP contribution in [0, 0.1) is 11.3 Å². The predicted octanol–water partition coefficient (Wildman–Crippen LogP) is 2.45. The minimum absolute atomic E-state index is 0.0396. The van der Waals surface area contributed by atoms with Gasteiger partial charge in [-0.25, -0.2) is 4.98 Å². The van der Waals surface area contributed by atoms with Crippen LogP contribution in [0.1, 0.15) is 53.0 Å². The van der Waals surface area contributed by atoms with E-state index in [-0.39, 0.29) is 6.10 Å². The van der Waals surface area contributed by atoms with Crippen LogP contribution in [0.5, 0.6) is 5.88 Å². The van der Waals surface area contributed by atoms with Crippen molar-refractivity contribution in [3.8, 4) is 11.9 Å². The molecule has 0 aliphatic carbocycles. The maximum absolute atomic E-state index is 9.48. The minimum atomic E-state index is -0.547. The highest BCUT2D eigenvalue weighted by Crippen LogP contribution is 2.36. The summed E-state index contributed by atoms with van der Waals surface area (Å²) >= 11 is 0. The molecule has 2 heterocycles. The van der Waals surface area contributed by atoms with Crippen LogP contribution in [0.4, 0.5) is 0 Å². The van der Waals surface area contributed by atoms with Crippen LogP contribution in [-0.4, -0.2) is 43.1 Å². The molecule has 0 saturated carbocycles. The van der Waals surface area contributed by atoms with Gasteiger partial charge in [-0.05, 0) is 40.2 Å². The van der Waals surface area contributed by atoms with Gasteiger partial charge < -0.3 is 18.8 Å². The highest BCUT2D eigenvalue weighted by molar-refractivity contribution is 6.62. The average molecular weight is 346 g/mol. The zero-order valence-electron chi connectivity index (χ0n) is 16.0. The summed E-state index contributed by atoms with van der Waals surface area (Å²) in [6.07, 6.45) is 3.18. The molecule has 0 radical (unpaired) electrons. The Morgan fingerprint density at radius 2 is 1.92 bits per heavy atom. The number of nitriles is 1. The van der Waals surface area contributed by atoms with Gasteiger partial charge >= 0.3 is 7.12 Å². The van der Waals surface area contributed by atoms with E-state index >= 15 is 0 Å². The highest BCUT2D eigenvalue weighted by atomic mass is 16.7. The summed E-state index contributed by atoms with van der Waals surface area (Å²) in [7, 11) is 1.11. The Morgan fingerprint density at radius 1 is 1.28 bits per heavy atom.